The number of hydrogen-bond donors (Lipinski definition) is 1. The number of rotatable bonds is 2. The number of carbonyl (C=O) groups is 1. The molecule has 1 aromatic carbocycles. The molecule has 88 valence electrons. The zero-order chi connectivity index (χ0) is 12.4. The zero-order valence-corrected chi connectivity index (χ0v) is 9.32. The maximum Gasteiger partial charge on any atom is 0.257 e. The van der Waals surface area contributed by atoms with Gasteiger partial charge < -0.3 is 0 Å². The summed E-state index contributed by atoms with van der Waals surface area (Å²) in [7, 11) is 0. The topological polar surface area (TPSA) is 72.2 Å². The van der Waals surface area contributed by atoms with Crippen molar-refractivity contribution in [3.63, 3.8) is 0 Å². The third-order valence-electron chi connectivity index (χ3n) is 2.48. The minimum atomic E-state index is -0.218. The van der Waals surface area contributed by atoms with Crippen LogP contribution in [0.5, 0.6) is 0 Å². The Kier molecular flexibility index (Phi) is 2.45. The molecule has 0 aliphatic rings. The van der Waals surface area contributed by atoms with Gasteiger partial charge in [-0.2, -0.15) is 0 Å². The summed E-state index contributed by atoms with van der Waals surface area (Å²) in [5.41, 5.74) is 1.21. The van der Waals surface area contributed by atoms with Crippen LogP contribution in [0.25, 0.3) is 5.65 Å². The van der Waals surface area contributed by atoms with Gasteiger partial charge in [-0.3, -0.25) is 14.5 Å². The van der Waals surface area contributed by atoms with E-state index < -0.39 is 0 Å². The molecule has 0 bridgehead atoms. The van der Waals surface area contributed by atoms with Gasteiger partial charge >= 0.3 is 0 Å². The molecule has 0 atom stereocenters. The summed E-state index contributed by atoms with van der Waals surface area (Å²) in [5, 5.41) is 2.72. The van der Waals surface area contributed by atoms with Crippen LogP contribution in [-0.4, -0.2) is 25.3 Å². The van der Waals surface area contributed by atoms with Crippen LogP contribution in [0.15, 0.2) is 49.2 Å². The van der Waals surface area contributed by atoms with Crippen molar-refractivity contribution in [3.8, 4) is 0 Å². The average Bonchev–Trinajstić information content (AvgIpc) is 2.89. The Morgan fingerprint density at radius 3 is 2.83 bits per heavy atom. The van der Waals surface area contributed by atoms with Gasteiger partial charge in [-0.15, -0.1) is 0 Å². The lowest BCUT2D eigenvalue weighted by Gasteiger charge is -2.05. The van der Waals surface area contributed by atoms with Gasteiger partial charge in [0.15, 0.2) is 5.65 Å². The number of nitrogens with one attached hydrogen (secondary N) is 1. The molecule has 0 unspecified atom stereocenters. The maximum atomic E-state index is 12.0. The van der Waals surface area contributed by atoms with Crippen LogP contribution in [0, 0.1) is 0 Å². The number of carbonyl (C=O) groups excluding carboxylic acids is 1. The van der Waals surface area contributed by atoms with Gasteiger partial charge in [0, 0.05) is 5.56 Å². The van der Waals surface area contributed by atoms with E-state index in [2.05, 4.69) is 20.3 Å². The predicted octanol–water partition coefficient (Wildman–Crippen LogP) is 1.38. The Bertz CT molecular complexity index is 692. The first-order valence-corrected chi connectivity index (χ1v) is 5.34. The standard InChI is InChI=1S/C12H9N5O/c18-11(9-4-2-1-3-5-9)16-12-15-7-14-10-6-13-8-17(10)12/h1-8H,(H,14,15,16,18). The van der Waals surface area contributed by atoms with Gasteiger partial charge in [0.05, 0.1) is 6.20 Å². The number of fused-ring (bicyclic) bond motifs is 1. The molecule has 0 aliphatic carbocycles. The normalized spacial score (nSPS) is 10.4. The van der Waals surface area contributed by atoms with E-state index in [4.69, 9.17) is 0 Å². The fourth-order valence-electron chi connectivity index (χ4n) is 1.61. The molecule has 6 nitrogen and oxygen atoms in total. The van der Waals surface area contributed by atoms with Gasteiger partial charge in [-0.1, -0.05) is 18.2 Å². The van der Waals surface area contributed by atoms with Gasteiger partial charge in [-0.25, -0.2) is 15.0 Å². The summed E-state index contributed by atoms with van der Waals surface area (Å²) in [4.78, 5) is 24.0. The molecule has 3 rings (SSSR count). The number of imidazole rings is 1. The molecule has 0 radical (unpaired) electrons. The van der Waals surface area contributed by atoms with E-state index in [1.165, 1.54) is 6.33 Å². The monoisotopic (exact) mass is 239 g/mol. The lowest BCUT2D eigenvalue weighted by molar-refractivity contribution is 0.102. The largest absolute Gasteiger partial charge is 0.291 e. The summed E-state index contributed by atoms with van der Waals surface area (Å²) < 4.78 is 1.61. The van der Waals surface area contributed by atoms with Crippen molar-refractivity contribution in [1.82, 2.24) is 19.4 Å². The Morgan fingerprint density at radius 1 is 1.17 bits per heavy atom. The molecule has 6 heteroatoms. The highest BCUT2D eigenvalue weighted by atomic mass is 16.1. The molecule has 0 aliphatic heterocycles. The number of aromatic nitrogens is 4. The molecule has 1 N–H and O–H groups in total. The molecule has 3 aromatic rings. The highest BCUT2D eigenvalue weighted by molar-refractivity contribution is 6.03. The van der Waals surface area contributed by atoms with Crippen LogP contribution < -0.4 is 5.32 Å². The Balaban J connectivity index is 1.93. The first kappa shape index (κ1) is 10.4. The lowest BCUT2D eigenvalue weighted by atomic mass is 10.2. The minimum absolute atomic E-state index is 0.218. The van der Waals surface area contributed by atoms with Crippen LogP contribution in [0.4, 0.5) is 5.95 Å². The van der Waals surface area contributed by atoms with E-state index in [0.717, 1.165) is 0 Å². The predicted molar refractivity (Wildman–Crippen MR) is 65.2 cm³/mol. The Morgan fingerprint density at radius 2 is 2.00 bits per heavy atom. The van der Waals surface area contributed by atoms with Crippen LogP contribution in [0.3, 0.4) is 0 Å². The van der Waals surface area contributed by atoms with E-state index in [1.54, 1.807) is 29.1 Å². The first-order valence-electron chi connectivity index (χ1n) is 5.34. The molecule has 0 saturated carbocycles. The van der Waals surface area contributed by atoms with Crippen molar-refractivity contribution in [2.45, 2.75) is 0 Å². The summed E-state index contributed by atoms with van der Waals surface area (Å²) in [6.07, 6.45) is 4.54. The van der Waals surface area contributed by atoms with Crippen molar-refractivity contribution in [2.75, 3.05) is 5.32 Å². The quantitative estimate of drug-likeness (QED) is 0.733. The molecule has 1 amide bonds. The van der Waals surface area contributed by atoms with Crippen molar-refractivity contribution in [1.29, 1.82) is 0 Å². The third-order valence-corrected chi connectivity index (χ3v) is 2.48. The van der Waals surface area contributed by atoms with Gasteiger partial charge in [0.25, 0.3) is 5.91 Å². The van der Waals surface area contributed by atoms with E-state index in [9.17, 15) is 4.79 Å². The van der Waals surface area contributed by atoms with Gasteiger partial charge in [-0.05, 0) is 12.1 Å². The molecule has 0 fully saturated rings. The van der Waals surface area contributed by atoms with Gasteiger partial charge in [0.1, 0.15) is 12.7 Å². The van der Waals surface area contributed by atoms with Crippen LogP contribution >= 0.6 is 0 Å². The Hall–Kier alpha value is -2.76. The molecule has 18 heavy (non-hydrogen) atoms. The third kappa shape index (κ3) is 1.80. The fraction of sp³-hybridized carbons (Fsp3) is 0. The first-order chi connectivity index (χ1) is 8.84. The number of nitrogens with zero attached hydrogens (tertiary/aromatic N) is 4. The van der Waals surface area contributed by atoms with Crippen molar-refractivity contribution in [3.05, 3.63) is 54.7 Å². The van der Waals surface area contributed by atoms with Crippen molar-refractivity contribution < 1.29 is 4.79 Å². The SMILES string of the molecule is O=C(Nc1ncnc2cncn12)c1ccccc1. The van der Waals surface area contributed by atoms with Crippen LogP contribution in [0.2, 0.25) is 0 Å². The van der Waals surface area contributed by atoms with Crippen molar-refractivity contribution >= 4 is 17.5 Å². The fourth-order valence-corrected chi connectivity index (χ4v) is 1.61. The van der Waals surface area contributed by atoms with E-state index in [0.29, 0.717) is 17.2 Å². The summed E-state index contributed by atoms with van der Waals surface area (Å²) in [6.45, 7) is 0. The molecule has 2 heterocycles. The second-order valence-electron chi connectivity index (χ2n) is 3.64. The maximum absolute atomic E-state index is 12.0. The minimum Gasteiger partial charge on any atom is -0.291 e. The average molecular weight is 239 g/mol. The second kappa shape index (κ2) is 4.25. The second-order valence-corrected chi connectivity index (χ2v) is 3.64. The highest BCUT2D eigenvalue weighted by Gasteiger charge is 2.08. The summed E-state index contributed by atoms with van der Waals surface area (Å²) in [6, 6.07) is 8.95. The van der Waals surface area contributed by atoms with Crippen molar-refractivity contribution in [2.24, 2.45) is 0 Å². The van der Waals surface area contributed by atoms with Crippen LogP contribution in [0.1, 0.15) is 10.4 Å². The summed E-state index contributed by atoms with van der Waals surface area (Å²) in [5.74, 6) is 0.177. The lowest BCUT2D eigenvalue weighted by Crippen LogP contribution is -2.15. The van der Waals surface area contributed by atoms with E-state index in [-0.39, 0.29) is 5.91 Å². The number of hydrogen-bond acceptors (Lipinski definition) is 4. The number of anilines is 1. The number of benzene rings is 1. The summed E-state index contributed by atoms with van der Waals surface area (Å²) >= 11 is 0. The van der Waals surface area contributed by atoms with E-state index >= 15 is 0 Å². The molecular formula is C12H9N5O. The van der Waals surface area contributed by atoms with Gasteiger partial charge in [0.2, 0.25) is 5.95 Å². The number of amides is 1. The smallest absolute Gasteiger partial charge is 0.257 e. The Labute approximate surface area is 102 Å². The highest BCUT2D eigenvalue weighted by Crippen LogP contribution is 2.08. The van der Waals surface area contributed by atoms with Crippen LogP contribution in [-0.2, 0) is 0 Å². The molecular weight excluding hydrogens is 230 g/mol. The molecule has 0 spiro atoms. The van der Waals surface area contributed by atoms with E-state index in [1.807, 2.05) is 18.2 Å². The molecule has 2 aromatic heterocycles. The molecule has 0 saturated heterocycles. The zero-order valence-electron chi connectivity index (χ0n) is 9.32.